The molecule has 17 heavy (non-hydrogen) atoms. The molecule has 3 rings (SSSR count). The van der Waals surface area contributed by atoms with Crippen molar-refractivity contribution < 1.29 is 4.42 Å². The van der Waals surface area contributed by atoms with Gasteiger partial charge in [0.2, 0.25) is 0 Å². The summed E-state index contributed by atoms with van der Waals surface area (Å²) >= 11 is 0. The van der Waals surface area contributed by atoms with Gasteiger partial charge in [0, 0.05) is 5.92 Å². The first-order valence-electron chi connectivity index (χ1n) is 6.62. The van der Waals surface area contributed by atoms with Crippen molar-refractivity contribution >= 4 is 11.1 Å². The Morgan fingerprint density at radius 3 is 2.53 bits per heavy atom. The van der Waals surface area contributed by atoms with Crippen LogP contribution in [0.4, 0.5) is 0 Å². The number of hydrogen-bond acceptors (Lipinski definition) is 2. The summed E-state index contributed by atoms with van der Waals surface area (Å²) < 4.78 is 5.93. The summed E-state index contributed by atoms with van der Waals surface area (Å²) in [5.74, 6) is 1.52. The van der Waals surface area contributed by atoms with Crippen molar-refractivity contribution in [2.45, 2.75) is 51.9 Å². The van der Waals surface area contributed by atoms with Crippen LogP contribution in [-0.2, 0) is 0 Å². The molecule has 1 aliphatic carbocycles. The highest BCUT2D eigenvalue weighted by molar-refractivity contribution is 5.74. The molecule has 0 spiro atoms. The summed E-state index contributed by atoms with van der Waals surface area (Å²) in [4.78, 5) is 4.67. The standard InChI is InChI=1S/C15H19NO/c1-10-8-13-14(9-11(10)2)17-15(16-13)12-6-4-3-5-7-12/h8-9,12H,3-7H2,1-2H3. The number of rotatable bonds is 1. The van der Waals surface area contributed by atoms with Crippen LogP contribution in [0.15, 0.2) is 16.5 Å². The van der Waals surface area contributed by atoms with E-state index in [-0.39, 0.29) is 0 Å². The van der Waals surface area contributed by atoms with Crippen LogP contribution >= 0.6 is 0 Å². The maximum Gasteiger partial charge on any atom is 0.198 e. The molecule has 0 bridgehead atoms. The van der Waals surface area contributed by atoms with Crippen LogP contribution in [0.1, 0.15) is 55.0 Å². The maximum atomic E-state index is 5.93. The Kier molecular flexibility index (Phi) is 2.65. The second kappa shape index (κ2) is 4.17. The summed E-state index contributed by atoms with van der Waals surface area (Å²) in [6.45, 7) is 4.25. The molecule has 1 saturated carbocycles. The van der Waals surface area contributed by atoms with Gasteiger partial charge in [-0.25, -0.2) is 4.98 Å². The minimum Gasteiger partial charge on any atom is -0.440 e. The molecule has 1 heterocycles. The van der Waals surface area contributed by atoms with E-state index in [0.717, 1.165) is 17.0 Å². The molecule has 0 radical (unpaired) electrons. The van der Waals surface area contributed by atoms with Crippen LogP contribution in [-0.4, -0.2) is 4.98 Å². The summed E-state index contributed by atoms with van der Waals surface area (Å²) in [6.07, 6.45) is 6.49. The van der Waals surface area contributed by atoms with Gasteiger partial charge in [-0.15, -0.1) is 0 Å². The van der Waals surface area contributed by atoms with Gasteiger partial charge in [-0.2, -0.15) is 0 Å². The molecule has 0 N–H and O–H groups in total. The first-order valence-corrected chi connectivity index (χ1v) is 6.62. The van der Waals surface area contributed by atoms with Gasteiger partial charge in [0.1, 0.15) is 5.52 Å². The molecule has 0 saturated heterocycles. The third kappa shape index (κ3) is 1.97. The SMILES string of the molecule is Cc1cc2nc(C3CCCCC3)oc2cc1C. The molecule has 2 nitrogen and oxygen atoms in total. The molecular formula is C15H19NO. The van der Waals surface area contributed by atoms with E-state index in [1.165, 1.54) is 43.2 Å². The molecule has 0 amide bonds. The predicted molar refractivity (Wildman–Crippen MR) is 69.3 cm³/mol. The fourth-order valence-corrected chi connectivity index (χ4v) is 2.72. The third-order valence-corrected chi connectivity index (χ3v) is 3.97. The number of oxazole rings is 1. The van der Waals surface area contributed by atoms with Crippen LogP contribution in [0.2, 0.25) is 0 Å². The van der Waals surface area contributed by atoms with Crippen molar-refractivity contribution in [2.75, 3.05) is 0 Å². The van der Waals surface area contributed by atoms with E-state index in [4.69, 9.17) is 4.42 Å². The van der Waals surface area contributed by atoms with E-state index in [1.54, 1.807) is 0 Å². The molecular weight excluding hydrogens is 210 g/mol. The zero-order valence-electron chi connectivity index (χ0n) is 10.6. The second-order valence-corrected chi connectivity index (χ2v) is 5.29. The molecule has 2 heteroatoms. The first-order chi connectivity index (χ1) is 8.24. The summed E-state index contributed by atoms with van der Waals surface area (Å²) in [5, 5.41) is 0. The Balaban J connectivity index is 2.00. The first kappa shape index (κ1) is 10.8. The van der Waals surface area contributed by atoms with Crippen molar-refractivity contribution in [3.05, 3.63) is 29.2 Å². The average molecular weight is 229 g/mol. The van der Waals surface area contributed by atoms with Crippen LogP contribution < -0.4 is 0 Å². The lowest BCUT2D eigenvalue weighted by atomic mass is 9.89. The van der Waals surface area contributed by atoms with Gasteiger partial charge in [0.15, 0.2) is 11.5 Å². The van der Waals surface area contributed by atoms with Gasteiger partial charge < -0.3 is 4.42 Å². The Bertz CT molecular complexity index is 496. The van der Waals surface area contributed by atoms with E-state index in [9.17, 15) is 0 Å². The van der Waals surface area contributed by atoms with E-state index in [2.05, 4.69) is 31.0 Å². The van der Waals surface area contributed by atoms with Gasteiger partial charge >= 0.3 is 0 Å². The predicted octanol–water partition coefficient (Wildman–Crippen LogP) is 4.49. The van der Waals surface area contributed by atoms with E-state index >= 15 is 0 Å². The largest absolute Gasteiger partial charge is 0.440 e. The highest BCUT2D eigenvalue weighted by atomic mass is 16.3. The molecule has 1 aromatic carbocycles. The number of hydrogen-bond donors (Lipinski definition) is 0. The summed E-state index contributed by atoms with van der Waals surface area (Å²) in [5.41, 5.74) is 4.55. The number of nitrogens with zero attached hydrogens (tertiary/aromatic N) is 1. The second-order valence-electron chi connectivity index (χ2n) is 5.29. The van der Waals surface area contributed by atoms with Crippen molar-refractivity contribution in [2.24, 2.45) is 0 Å². The van der Waals surface area contributed by atoms with E-state index in [1.807, 2.05) is 0 Å². The number of fused-ring (bicyclic) bond motifs is 1. The molecule has 0 atom stereocenters. The van der Waals surface area contributed by atoms with Crippen molar-refractivity contribution in [1.29, 1.82) is 0 Å². The van der Waals surface area contributed by atoms with Crippen LogP contribution in [0.3, 0.4) is 0 Å². The highest BCUT2D eigenvalue weighted by Gasteiger charge is 2.20. The highest BCUT2D eigenvalue weighted by Crippen LogP contribution is 2.34. The van der Waals surface area contributed by atoms with Crippen LogP contribution in [0.5, 0.6) is 0 Å². The molecule has 90 valence electrons. The fourth-order valence-electron chi connectivity index (χ4n) is 2.72. The number of aryl methyl sites for hydroxylation is 2. The molecule has 1 fully saturated rings. The summed E-state index contributed by atoms with van der Waals surface area (Å²) in [6, 6.07) is 4.25. The lowest BCUT2D eigenvalue weighted by Crippen LogP contribution is -2.04. The van der Waals surface area contributed by atoms with Crippen molar-refractivity contribution in [3.8, 4) is 0 Å². The zero-order chi connectivity index (χ0) is 11.8. The van der Waals surface area contributed by atoms with Crippen LogP contribution in [0.25, 0.3) is 11.1 Å². The number of aromatic nitrogens is 1. The Hall–Kier alpha value is -1.31. The lowest BCUT2D eigenvalue weighted by molar-refractivity contribution is 0.373. The molecule has 1 aromatic heterocycles. The molecule has 0 unspecified atom stereocenters. The molecule has 0 aliphatic heterocycles. The quantitative estimate of drug-likeness (QED) is 0.720. The smallest absolute Gasteiger partial charge is 0.198 e. The zero-order valence-corrected chi connectivity index (χ0v) is 10.6. The number of benzene rings is 1. The Labute approximate surface area is 102 Å². The van der Waals surface area contributed by atoms with E-state index < -0.39 is 0 Å². The Morgan fingerprint density at radius 2 is 1.76 bits per heavy atom. The normalized spacial score (nSPS) is 17.8. The van der Waals surface area contributed by atoms with Gasteiger partial charge in [-0.1, -0.05) is 19.3 Å². The topological polar surface area (TPSA) is 26.0 Å². The van der Waals surface area contributed by atoms with Gasteiger partial charge in [-0.05, 0) is 49.9 Å². The minimum absolute atomic E-state index is 0.553. The monoisotopic (exact) mass is 229 g/mol. The van der Waals surface area contributed by atoms with Crippen LogP contribution in [0, 0.1) is 13.8 Å². The lowest BCUT2D eigenvalue weighted by Gasteiger charge is -2.17. The van der Waals surface area contributed by atoms with Gasteiger partial charge in [0.05, 0.1) is 0 Å². The van der Waals surface area contributed by atoms with Crippen molar-refractivity contribution in [3.63, 3.8) is 0 Å². The minimum atomic E-state index is 0.553. The maximum absolute atomic E-state index is 5.93. The van der Waals surface area contributed by atoms with E-state index in [0.29, 0.717) is 5.92 Å². The third-order valence-electron chi connectivity index (χ3n) is 3.97. The fraction of sp³-hybridized carbons (Fsp3) is 0.533. The summed E-state index contributed by atoms with van der Waals surface area (Å²) in [7, 11) is 0. The average Bonchev–Trinajstić information content (AvgIpc) is 2.74. The van der Waals surface area contributed by atoms with Gasteiger partial charge in [0.25, 0.3) is 0 Å². The van der Waals surface area contributed by atoms with Gasteiger partial charge in [-0.3, -0.25) is 0 Å². The Morgan fingerprint density at radius 1 is 1.06 bits per heavy atom. The van der Waals surface area contributed by atoms with Crippen molar-refractivity contribution in [1.82, 2.24) is 4.98 Å². The molecule has 1 aliphatic rings. The molecule has 2 aromatic rings.